The molecule has 0 aliphatic heterocycles. The normalized spacial score (nSPS) is 14.1. The first-order valence-electron chi connectivity index (χ1n) is 5.61. The third kappa shape index (κ3) is 3.44. The molecule has 0 spiro atoms. The third-order valence-electron chi connectivity index (χ3n) is 2.91. The van der Waals surface area contributed by atoms with Gasteiger partial charge in [-0.25, -0.2) is 0 Å². The van der Waals surface area contributed by atoms with Crippen LogP contribution in [0.1, 0.15) is 36.4 Å². The molecule has 0 bridgehead atoms. The monoisotopic (exact) mass is 257 g/mol. The smallest absolute Gasteiger partial charge is 0.265 e. The molecule has 5 heteroatoms. The van der Waals surface area contributed by atoms with Crippen LogP contribution in [0.25, 0.3) is 0 Å². The molecule has 2 N–H and O–H groups in total. The van der Waals surface area contributed by atoms with Crippen molar-refractivity contribution >= 4 is 17.2 Å². The topological polar surface area (TPSA) is 58.6 Å². The summed E-state index contributed by atoms with van der Waals surface area (Å²) in [6.45, 7) is 3.98. The fraction of sp³-hybridized carbons (Fsp3) is 0.583. The molecule has 4 nitrogen and oxygen atoms in total. The van der Waals surface area contributed by atoms with Gasteiger partial charge in [0.05, 0.1) is 7.11 Å². The highest BCUT2D eigenvalue weighted by atomic mass is 32.1. The average molecular weight is 257 g/mol. The average Bonchev–Trinajstić information content (AvgIpc) is 2.77. The molecular weight excluding hydrogens is 238 g/mol. The van der Waals surface area contributed by atoms with E-state index in [0.29, 0.717) is 17.0 Å². The highest BCUT2D eigenvalue weighted by Gasteiger charge is 2.26. The number of methoxy groups -OCH3 is 1. The van der Waals surface area contributed by atoms with E-state index in [4.69, 9.17) is 9.84 Å². The van der Waals surface area contributed by atoms with Crippen LogP contribution in [0.4, 0.5) is 0 Å². The van der Waals surface area contributed by atoms with Crippen LogP contribution in [-0.2, 0) is 0 Å². The zero-order valence-electron chi connectivity index (χ0n) is 10.4. The number of rotatable bonds is 6. The van der Waals surface area contributed by atoms with Gasteiger partial charge in [-0.1, -0.05) is 6.92 Å². The molecule has 1 heterocycles. The van der Waals surface area contributed by atoms with E-state index in [9.17, 15) is 4.79 Å². The quantitative estimate of drug-likeness (QED) is 0.820. The summed E-state index contributed by atoms with van der Waals surface area (Å²) >= 11 is 1.35. The number of hydrogen-bond acceptors (Lipinski definition) is 4. The van der Waals surface area contributed by atoms with Crippen LogP contribution in [-0.4, -0.2) is 30.3 Å². The molecule has 0 fully saturated rings. The molecule has 1 aromatic heterocycles. The van der Waals surface area contributed by atoms with Crippen LogP contribution < -0.4 is 10.1 Å². The molecule has 0 radical (unpaired) electrons. The van der Waals surface area contributed by atoms with E-state index in [-0.39, 0.29) is 18.1 Å². The summed E-state index contributed by atoms with van der Waals surface area (Å²) in [5.74, 6) is 0.449. The number of aliphatic hydroxyl groups excluding tert-OH is 1. The summed E-state index contributed by atoms with van der Waals surface area (Å²) in [5.41, 5.74) is -0.374. The minimum atomic E-state index is -0.374. The van der Waals surface area contributed by atoms with E-state index in [2.05, 4.69) is 5.32 Å². The lowest BCUT2D eigenvalue weighted by molar-refractivity contribution is 0.0887. The lowest BCUT2D eigenvalue weighted by Gasteiger charge is -2.28. The number of amides is 1. The van der Waals surface area contributed by atoms with Crippen molar-refractivity contribution in [2.45, 2.75) is 32.2 Å². The van der Waals surface area contributed by atoms with Crippen LogP contribution in [0.3, 0.4) is 0 Å². The number of nitrogens with one attached hydrogen (secondary N) is 1. The molecule has 1 aromatic rings. The van der Waals surface area contributed by atoms with Crippen LogP contribution in [0, 0.1) is 0 Å². The summed E-state index contributed by atoms with van der Waals surface area (Å²) in [5, 5.41) is 13.8. The first-order chi connectivity index (χ1) is 8.06. The zero-order valence-corrected chi connectivity index (χ0v) is 11.3. The predicted molar refractivity (Wildman–Crippen MR) is 68.7 cm³/mol. The minimum Gasteiger partial charge on any atom is -0.495 e. The van der Waals surface area contributed by atoms with Gasteiger partial charge in [0.25, 0.3) is 5.91 Å². The molecule has 1 unspecified atom stereocenters. The SMILES string of the molecule is CCC(C)(CCO)NC(=O)c1sccc1OC. The molecule has 0 aliphatic rings. The lowest BCUT2D eigenvalue weighted by atomic mass is 9.95. The van der Waals surface area contributed by atoms with Gasteiger partial charge < -0.3 is 15.2 Å². The standard InChI is InChI=1S/C12H19NO3S/c1-4-12(2,6-7-14)13-11(15)10-9(16-3)5-8-17-10/h5,8,14H,4,6-7H2,1-3H3,(H,13,15). The van der Waals surface area contributed by atoms with Crippen LogP contribution >= 0.6 is 11.3 Å². The molecule has 17 heavy (non-hydrogen) atoms. The summed E-state index contributed by atoms with van der Waals surface area (Å²) in [4.78, 5) is 12.6. The van der Waals surface area contributed by atoms with Gasteiger partial charge in [0, 0.05) is 12.1 Å². The molecule has 0 aliphatic carbocycles. The number of carbonyl (C=O) groups is 1. The van der Waals surface area contributed by atoms with Gasteiger partial charge in [0.1, 0.15) is 10.6 Å². The number of ether oxygens (including phenoxy) is 1. The van der Waals surface area contributed by atoms with Crippen molar-refractivity contribution in [3.63, 3.8) is 0 Å². The Labute approximate surface area is 106 Å². The highest BCUT2D eigenvalue weighted by molar-refractivity contribution is 7.12. The first kappa shape index (κ1) is 14.0. The second kappa shape index (κ2) is 6.02. The Kier molecular flexibility index (Phi) is 4.96. The fourth-order valence-electron chi connectivity index (χ4n) is 1.53. The molecule has 1 atom stereocenters. The van der Waals surface area contributed by atoms with Gasteiger partial charge in [-0.2, -0.15) is 0 Å². The third-order valence-corrected chi connectivity index (χ3v) is 3.81. The Morgan fingerprint density at radius 3 is 2.88 bits per heavy atom. The van der Waals surface area contributed by atoms with Crippen molar-refractivity contribution in [3.05, 3.63) is 16.3 Å². The number of hydrogen-bond donors (Lipinski definition) is 2. The Morgan fingerprint density at radius 1 is 1.65 bits per heavy atom. The highest BCUT2D eigenvalue weighted by Crippen LogP contribution is 2.25. The molecule has 1 amide bonds. The predicted octanol–water partition coefficient (Wildman–Crippen LogP) is 2.04. The van der Waals surface area contributed by atoms with Crippen molar-refractivity contribution in [1.82, 2.24) is 5.32 Å². The summed E-state index contributed by atoms with van der Waals surface area (Å²) in [6, 6.07) is 1.77. The Balaban J connectivity index is 2.77. The van der Waals surface area contributed by atoms with Crippen LogP contribution in [0.5, 0.6) is 5.75 Å². The van der Waals surface area contributed by atoms with Gasteiger partial charge in [0.2, 0.25) is 0 Å². The van der Waals surface area contributed by atoms with Gasteiger partial charge >= 0.3 is 0 Å². The number of aliphatic hydroxyl groups is 1. The lowest BCUT2D eigenvalue weighted by Crippen LogP contribution is -2.46. The van der Waals surface area contributed by atoms with Gasteiger partial charge in [-0.15, -0.1) is 11.3 Å². The van der Waals surface area contributed by atoms with Gasteiger partial charge in [-0.05, 0) is 31.2 Å². The number of carbonyl (C=O) groups excluding carboxylic acids is 1. The second-order valence-electron chi connectivity index (χ2n) is 4.16. The Hall–Kier alpha value is -1.07. The zero-order chi connectivity index (χ0) is 12.9. The van der Waals surface area contributed by atoms with Gasteiger partial charge in [0.15, 0.2) is 0 Å². The van der Waals surface area contributed by atoms with E-state index in [1.807, 2.05) is 19.2 Å². The van der Waals surface area contributed by atoms with E-state index >= 15 is 0 Å². The van der Waals surface area contributed by atoms with Crippen LogP contribution in [0.15, 0.2) is 11.4 Å². The van der Waals surface area contributed by atoms with Crippen molar-refractivity contribution in [1.29, 1.82) is 0 Å². The van der Waals surface area contributed by atoms with Crippen LogP contribution in [0.2, 0.25) is 0 Å². The Bertz CT molecular complexity index is 378. The maximum Gasteiger partial charge on any atom is 0.265 e. The van der Waals surface area contributed by atoms with Crippen molar-refractivity contribution in [2.75, 3.05) is 13.7 Å². The molecule has 1 rings (SSSR count). The van der Waals surface area contributed by atoms with E-state index in [0.717, 1.165) is 6.42 Å². The molecule has 0 aromatic carbocycles. The fourth-order valence-corrected chi connectivity index (χ4v) is 2.28. The molecule has 0 saturated heterocycles. The van der Waals surface area contributed by atoms with E-state index in [1.165, 1.54) is 11.3 Å². The van der Waals surface area contributed by atoms with Crippen molar-refractivity contribution in [3.8, 4) is 5.75 Å². The number of thiophene rings is 1. The van der Waals surface area contributed by atoms with Crippen molar-refractivity contribution < 1.29 is 14.6 Å². The first-order valence-corrected chi connectivity index (χ1v) is 6.49. The second-order valence-corrected chi connectivity index (χ2v) is 5.08. The molecule has 96 valence electrons. The molecule has 0 saturated carbocycles. The summed E-state index contributed by atoms with van der Waals surface area (Å²) in [7, 11) is 1.55. The maximum absolute atomic E-state index is 12.1. The van der Waals surface area contributed by atoms with E-state index in [1.54, 1.807) is 13.2 Å². The summed E-state index contributed by atoms with van der Waals surface area (Å²) in [6.07, 6.45) is 1.32. The minimum absolute atomic E-state index is 0.0617. The van der Waals surface area contributed by atoms with Crippen molar-refractivity contribution in [2.24, 2.45) is 0 Å². The molecular formula is C12H19NO3S. The largest absolute Gasteiger partial charge is 0.495 e. The Morgan fingerprint density at radius 2 is 2.35 bits per heavy atom. The maximum atomic E-state index is 12.1. The van der Waals surface area contributed by atoms with Gasteiger partial charge in [-0.3, -0.25) is 4.79 Å². The van der Waals surface area contributed by atoms with E-state index < -0.39 is 0 Å². The summed E-state index contributed by atoms with van der Waals surface area (Å²) < 4.78 is 5.11.